The summed E-state index contributed by atoms with van der Waals surface area (Å²) in [4.78, 5) is 10.5. The van der Waals surface area contributed by atoms with E-state index >= 15 is 0 Å². The Morgan fingerprint density at radius 3 is 1.79 bits per heavy atom. The van der Waals surface area contributed by atoms with E-state index in [0.29, 0.717) is 19.3 Å². The summed E-state index contributed by atoms with van der Waals surface area (Å²) in [7, 11) is 0. The molecule has 0 spiro atoms. The van der Waals surface area contributed by atoms with E-state index in [1.807, 2.05) is 60.7 Å². The lowest BCUT2D eigenvalue weighted by Crippen LogP contribution is -2.27. The first kappa shape index (κ1) is 13.5. The minimum atomic E-state index is -1.02. The van der Waals surface area contributed by atoms with E-state index in [9.17, 15) is 9.90 Å². The minimum absolute atomic E-state index is 0.474. The predicted octanol–water partition coefficient (Wildman–Crippen LogP) is 3.29. The van der Waals surface area contributed by atoms with E-state index in [-0.39, 0.29) is 0 Å². The van der Waals surface area contributed by atoms with Gasteiger partial charge in [-0.3, -0.25) is 0 Å². The van der Waals surface area contributed by atoms with Crippen molar-refractivity contribution in [2.24, 2.45) is 0 Å². The lowest BCUT2D eigenvalue weighted by atomic mass is 9.82. The summed E-state index contributed by atoms with van der Waals surface area (Å²) in [5, 5.41) is 11.1. The Balaban J connectivity index is 2.35. The molecule has 0 aliphatic rings. The molecule has 2 heteroatoms. The standard InChI is InChI=1S/C17H18O2/c18-14-8-7-13-17(19,15-9-3-1-4-10-15)16-11-5-2-6-12-16/h1-6,9-12,14,19H,7-8,13H2. The monoisotopic (exact) mass is 254 g/mol. The molecule has 2 rings (SSSR count). The van der Waals surface area contributed by atoms with Gasteiger partial charge < -0.3 is 9.90 Å². The van der Waals surface area contributed by atoms with E-state index in [1.165, 1.54) is 0 Å². The van der Waals surface area contributed by atoms with Gasteiger partial charge in [0.25, 0.3) is 0 Å². The van der Waals surface area contributed by atoms with Gasteiger partial charge in [-0.2, -0.15) is 0 Å². The Labute approximate surface area is 113 Å². The summed E-state index contributed by atoms with van der Waals surface area (Å²) in [5.41, 5.74) is 0.713. The van der Waals surface area contributed by atoms with Gasteiger partial charge in [-0.25, -0.2) is 0 Å². The van der Waals surface area contributed by atoms with E-state index in [2.05, 4.69) is 0 Å². The fourth-order valence-electron chi connectivity index (χ4n) is 2.32. The summed E-state index contributed by atoms with van der Waals surface area (Å²) >= 11 is 0. The average Bonchev–Trinajstić information content (AvgIpc) is 2.49. The van der Waals surface area contributed by atoms with Crippen LogP contribution in [0.5, 0.6) is 0 Å². The summed E-state index contributed by atoms with van der Waals surface area (Å²) in [6, 6.07) is 19.2. The van der Waals surface area contributed by atoms with Crippen molar-refractivity contribution in [3.8, 4) is 0 Å². The minimum Gasteiger partial charge on any atom is -0.380 e. The molecule has 0 heterocycles. The number of hydrogen-bond donors (Lipinski definition) is 1. The second-order valence-corrected chi connectivity index (χ2v) is 4.65. The van der Waals surface area contributed by atoms with Crippen molar-refractivity contribution in [1.29, 1.82) is 0 Å². The van der Waals surface area contributed by atoms with Crippen LogP contribution in [0.2, 0.25) is 0 Å². The first-order valence-electron chi connectivity index (χ1n) is 6.54. The molecule has 2 nitrogen and oxygen atoms in total. The zero-order valence-corrected chi connectivity index (χ0v) is 10.8. The Morgan fingerprint density at radius 1 is 0.895 bits per heavy atom. The van der Waals surface area contributed by atoms with Crippen molar-refractivity contribution in [3.63, 3.8) is 0 Å². The lowest BCUT2D eigenvalue weighted by Gasteiger charge is -2.29. The quantitative estimate of drug-likeness (QED) is 0.634. The van der Waals surface area contributed by atoms with Gasteiger partial charge in [0.2, 0.25) is 0 Å². The number of unbranched alkanes of at least 4 members (excludes halogenated alkanes) is 1. The van der Waals surface area contributed by atoms with E-state index in [4.69, 9.17) is 0 Å². The molecule has 2 aromatic rings. The molecule has 0 bridgehead atoms. The van der Waals surface area contributed by atoms with Crippen LogP contribution in [-0.4, -0.2) is 11.4 Å². The second kappa shape index (κ2) is 6.30. The Bertz CT molecular complexity index is 466. The first-order valence-corrected chi connectivity index (χ1v) is 6.54. The number of carbonyl (C=O) groups is 1. The molecular weight excluding hydrogens is 236 g/mol. The van der Waals surface area contributed by atoms with Gasteiger partial charge in [-0.1, -0.05) is 60.7 Å². The summed E-state index contributed by atoms with van der Waals surface area (Å²) in [5.74, 6) is 0. The summed E-state index contributed by atoms with van der Waals surface area (Å²) < 4.78 is 0. The van der Waals surface area contributed by atoms with E-state index in [1.54, 1.807) is 0 Å². The van der Waals surface area contributed by atoms with Crippen LogP contribution < -0.4 is 0 Å². The third-order valence-electron chi connectivity index (χ3n) is 3.36. The van der Waals surface area contributed by atoms with Gasteiger partial charge in [0.15, 0.2) is 0 Å². The number of benzene rings is 2. The number of hydrogen-bond acceptors (Lipinski definition) is 2. The van der Waals surface area contributed by atoms with Crippen LogP contribution in [0.1, 0.15) is 30.4 Å². The zero-order chi connectivity index (χ0) is 13.6. The fraction of sp³-hybridized carbons (Fsp3) is 0.235. The topological polar surface area (TPSA) is 37.3 Å². The number of aliphatic hydroxyl groups is 1. The maximum Gasteiger partial charge on any atom is 0.119 e. The molecule has 2 aromatic carbocycles. The number of aldehydes is 1. The Morgan fingerprint density at radius 2 is 1.37 bits per heavy atom. The molecule has 0 amide bonds. The molecule has 98 valence electrons. The van der Waals surface area contributed by atoms with Crippen molar-refractivity contribution >= 4 is 6.29 Å². The van der Waals surface area contributed by atoms with Crippen LogP contribution in [0, 0.1) is 0 Å². The highest BCUT2D eigenvalue weighted by molar-refractivity contribution is 5.49. The molecule has 0 aromatic heterocycles. The van der Waals surface area contributed by atoms with Gasteiger partial charge in [-0.05, 0) is 24.0 Å². The van der Waals surface area contributed by atoms with Crippen molar-refractivity contribution in [2.45, 2.75) is 24.9 Å². The molecule has 0 aliphatic carbocycles. The molecule has 0 fully saturated rings. The Hall–Kier alpha value is -1.93. The van der Waals surface area contributed by atoms with E-state index < -0.39 is 5.60 Å². The third-order valence-corrected chi connectivity index (χ3v) is 3.36. The van der Waals surface area contributed by atoms with Crippen LogP contribution >= 0.6 is 0 Å². The van der Waals surface area contributed by atoms with Gasteiger partial charge in [0.1, 0.15) is 11.9 Å². The van der Waals surface area contributed by atoms with Crippen molar-refractivity contribution in [1.82, 2.24) is 0 Å². The maximum absolute atomic E-state index is 11.1. The molecule has 0 unspecified atom stereocenters. The maximum atomic E-state index is 11.1. The largest absolute Gasteiger partial charge is 0.380 e. The number of rotatable bonds is 6. The van der Waals surface area contributed by atoms with Gasteiger partial charge in [-0.15, -0.1) is 0 Å². The number of carbonyl (C=O) groups excluding carboxylic acids is 1. The van der Waals surface area contributed by atoms with Gasteiger partial charge >= 0.3 is 0 Å². The molecule has 1 N–H and O–H groups in total. The first-order chi connectivity index (χ1) is 9.27. The predicted molar refractivity (Wildman–Crippen MR) is 75.8 cm³/mol. The highest BCUT2D eigenvalue weighted by Gasteiger charge is 2.30. The lowest BCUT2D eigenvalue weighted by molar-refractivity contribution is -0.108. The highest BCUT2D eigenvalue weighted by Crippen LogP contribution is 2.34. The molecular formula is C17H18O2. The molecule has 0 atom stereocenters. The molecule has 0 aliphatic heterocycles. The van der Waals surface area contributed by atoms with Gasteiger partial charge in [0.05, 0.1) is 0 Å². The average molecular weight is 254 g/mol. The van der Waals surface area contributed by atoms with Crippen LogP contribution in [-0.2, 0) is 10.4 Å². The smallest absolute Gasteiger partial charge is 0.119 e. The van der Waals surface area contributed by atoms with Crippen molar-refractivity contribution < 1.29 is 9.90 Å². The molecule has 19 heavy (non-hydrogen) atoms. The van der Waals surface area contributed by atoms with Crippen molar-refractivity contribution in [3.05, 3.63) is 71.8 Å². The van der Waals surface area contributed by atoms with E-state index in [0.717, 1.165) is 17.4 Å². The Kier molecular flexibility index (Phi) is 4.48. The zero-order valence-electron chi connectivity index (χ0n) is 10.8. The van der Waals surface area contributed by atoms with Crippen LogP contribution in [0.15, 0.2) is 60.7 Å². The summed E-state index contributed by atoms with van der Waals surface area (Å²) in [6.07, 6.45) is 2.59. The molecule has 0 saturated heterocycles. The van der Waals surface area contributed by atoms with Crippen LogP contribution in [0.4, 0.5) is 0 Å². The second-order valence-electron chi connectivity index (χ2n) is 4.65. The normalized spacial score (nSPS) is 11.2. The van der Waals surface area contributed by atoms with Crippen LogP contribution in [0.25, 0.3) is 0 Å². The summed E-state index contributed by atoms with van der Waals surface area (Å²) in [6.45, 7) is 0. The van der Waals surface area contributed by atoms with Gasteiger partial charge in [0, 0.05) is 6.42 Å². The van der Waals surface area contributed by atoms with Crippen molar-refractivity contribution in [2.75, 3.05) is 0 Å². The molecule has 0 radical (unpaired) electrons. The SMILES string of the molecule is O=CCCCC(O)(c1ccccc1)c1ccccc1. The fourth-order valence-corrected chi connectivity index (χ4v) is 2.32. The van der Waals surface area contributed by atoms with Crippen LogP contribution in [0.3, 0.4) is 0 Å². The molecule has 0 saturated carbocycles. The highest BCUT2D eigenvalue weighted by atomic mass is 16.3. The third kappa shape index (κ3) is 3.09.